The zero-order valence-electron chi connectivity index (χ0n) is 17.7. The van der Waals surface area contributed by atoms with Gasteiger partial charge in [-0.05, 0) is 56.4 Å². The molecule has 0 aromatic carbocycles. The van der Waals surface area contributed by atoms with Crippen molar-refractivity contribution in [3.63, 3.8) is 0 Å². The average molecular weight is 484 g/mol. The molecule has 0 radical (unpaired) electrons. The van der Waals surface area contributed by atoms with Crippen molar-refractivity contribution in [2.45, 2.75) is 58.6 Å². The molecule has 8 nitrogen and oxygen atoms in total. The van der Waals surface area contributed by atoms with Crippen molar-refractivity contribution in [1.29, 1.82) is 0 Å². The Bertz CT molecular complexity index is 792. The summed E-state index contributed by atoms with van der Waals surface area (Å²) in [4.78, 5) is 16.3. The Morgan fingerprint density at radius 3 is 2.59 bits per heavy atom. The molecular formula is C19H30BrN5O3Si. The molecule has 10 heteroatoms. The van der Waals surface area contributed by atoms with E-state index in [1.807, 2.05) is 26.0 Å². The molecule has 2 aromatic rings. The van der Waals surface area contributed by atoms with Crippen LogP contribution in [0.2, 0.25) is 25.7 Å². The number of aromatic nitrogens is 5. The lowest BCUT2D eigenvalue weighted by molar-refractivity contribution is -0.144. The van der Waals surface area contributed by atoms with E-state index < -0.39 is 25.9 Å². The Kier molecular flexibility index (Phi) is 8.47. The van der Waals surface area contributed by atoms with Crippen molar-refractivity contribution in [2.75, 3.05) is 6.61 Å². The van der Waals surface area contributed by atoms with Gasteiger partial charge in [0, 0.05) is 26.8 Å². The van der Waals surface area contributed by atoms with Crippen LogP contribution in [-0.2, 0) is 22.7 Å². The Balaban J connectivity index is 2.25. The Hall–Kier alpha value is -1.65. The second kappa shape index (κ2) is 10.4. The molecule has 0 amide bonds. The van der Waals surface area contributed by atoms with Gasteiger partial charge in [0.25, 0.3) is 0 Å². The van der Waals surface area contributed by atoms with Crippen LogP contribution in [0.1, 0.15) is 31.2 Å². The van der Waals surface area contributed by atoms with Crippen LogP contribution in [0.25, 0.3) is 0 Å². The lowest BCUT2D eigenvalue weighted by Crippen LogP contribution is -2.31. The molecule has 2 aromatic heterocycles. The van der Waals surface area contributed by atoms with Crippen LogP contribution in [0.4, 0.5) is 0 Å². The van der Waals surface area contributed by atoms with Gasteiger partial charge in [-0.1, -0.05) is 39.6 Å². The van der Waals surface area contributed by atoms with Crippen molar-refractivity contribution < 1.29 is 14.6 Å². The first-order chi connectivity index (χ1) is 13.6. The van der Waals surface area contributed by atoms with E-state index in [0.717, 1.165) is 16.2 Å². The summed E-state index contributed by atoms with van der Waals surface area (Å²) in [5.41, 5.74) is 0.930. The first-order valence-electron chi connectivity index (χ1n) is 9.75. The van der Waals surface area contributed by atoms with Gasteiger partial charge in [-0.2, -0.15) is 0 Å². The summed E-state index contributed by atoms with van der Waals surface area (Å²) in [6, 6.07) is 4.82. The van der Waals surface area contributed by atoms with Gasteiger partial charge in [-0.15, -0.1) is 5.10 Å². The minimum atomic E-state index is -1.19. The number of aliphatic carboxylic acids is 1. The van der Waals surface area contributed by atoms with Gasteiger partial charge in [0.15, 0.2) is 5.82 Å². The molecule has 0 aliphatic carbocycles. The van der Waals surface area contributed by atoms with E-state index in [9.17, 15) is 9.90 Å². The summed E-state index contributed by atoms with van der Waals surface area (Å²) < 4.78 is 8.12. The van der Waals surface area contributed by atoms with Crippen LogP contribution in [0.3, 0.4) is 0 Å². The standard InChI is InChI=1S/C19H30BrN5O3Si/c1-13(2)17(19(26)27)15(10-14-6-7-16(20)21-11-14)18-22-23-24-25(18)12-28-8-9-29(3,4)5/h6-7,11,13,15,17H,8-10,12H2,1-5H3,(H,26,27)/t15-,17-/m0/s1. The summed E-state index contributed by atoms with van der Waals surface area (Å²) in [5, 5.41) is 21.9. The predicted molar refractivity (Wildman–Crippen MR) is 116 cm³/mol. The third-order valence-corrected chi connectivity index (χ3v) is 6.96. The number of carboxylic acids is 1. The minimum Gasteiger partial charge on any atom is -0.481 e. The van der Waals surface area contributed by atoms with Crippen LogP contribution in [0.5, 0.6) is 0 Å². The van der Waals surface area contributed by atoms with Gasteiger partial charge in [0.05, 0.1) is 5.92 Å². The monoisotopic (exact) mass is 483 g/mol. The number of rotatable bonds is 11. The summed E-state index contributed by atoms with van der Waals surface area (Å²) in [6.07, 6.45) is 2.22. The summed E-state index contributed by atoms with van der Waals surface area (Å²) >= 11 is 3.33. The highest BCUT2D eigenvalue weighted by atomic mass is 79.9. The van der Waals surface area contributed by atoms with Gasteiger partial charge in [0.2, 0.25) is 0 Å². The number of hydrogen-bond acceptors (Lipinski definition) is 6. The molecule has 0 saturated carbocycles. The van der Waals surface area contributed by atoms with E-state index in [1.165, 1.54) is 0 Å². The van der Waals surface area contributed by atoms with E-state index in [-0.39, 0.29) is 12.6 Å². The molecule has 29 heavy (non-hydrogen) atoms. The molecule has 1 N–H and O–H groups in total. The van der Waals surface area contributed by atoms with E-state index in [0.29, 0.717) is 18.9 Å². The number of tetrazole rings is 1. The zero-order valence-corrected chi connectivity index (χ0v) is 20.3. The van der Waals surface area contributed by atoms with Crippen LogP contribution in [0, 0.1) is 11.8 Å². The molecule has 2 heterocycles. The normalized spacial score (nSPS) is 14.2. The Morgan fingerprint density at radius 2 is 2.03 bits per heavy atom. The lowest BCUT2D eigenvalue weighted by Gasteiger charge is -2.26. The fraction of sp³-hybridized carbons (Fsp3) is 0.632. The fourth-order valence-electron chi connectivity index (χ4n) is 3.18. The van der Waals surface area contributed by atoms with Gasteiger partial charge in [0.1, 0.15) is 11.3 Å². The molecular weight excluding hydrogens is 454 g/mol. The van der Waals surface area contributed by atoms with E-state index >= 15 is 0 Å². The maximum Gasteiger partial charge on any atom is 0.307 e. The molecule has 160 valence electrons. The molecule has 0 aliphatic rings. The van der Waals surface area contributed by atoms with Gasteiger partial charge in [-0.3, -0.25) is 4.79 Å². The fourth-order valence-corrected chi connectivity index (χ4v) is 4.17. The molecule has 0 aliphatic heterocycles. The SMILES string of the molecule is CC(C)[C@H](C(=O)O)[C@H](Cc1ccc(Br)nc1)c1nnnn1COCC[Si](C)(C)C. The highest BCUT2D eigenvalue weighted by Gasteiger charge is 2.36. The third kappa shape index (κ3) is 7.27. The van der Waals surface area contributed by atoms with Crippen LogP contribution in [-0.4, -0.2) is 50.9 Å². The van der Waals surface area contributed by atoms with Crippen LogP contribution >= 0.6 is 15.9 Å². The van der Waals surface area contributed by atoms with Crippen molar-refractivity contribution >= 4 is 30.0 Å². The van der Waals surface area contributed by atoms with Gasteiger partial charge >= 0.3 is 5.97 Å². The summed E-state index contributed by atoms with van der Waals surface area (Å²) in [7, 11) is -1.19. The highest BCUT2D eigenvalue weighted by molar-refractivity contribution is 9.10. The smallest absolute Gasteiger partial charge is 0.307 e. The second-order valence-corrected chi connectivity index (χ2v) is 15.2. The summed E-state index contributed by atoms with van der Waals surface area (Å²) in [6.45, 7) is 11.5. The predicted octanol–water partition coefficient (Wildman–Crippen LogP) is 3.83. The average Bonchev–Trinajstić information content (AvgIpc) is 3.07. The van der Waals surface area contributed by atoms with E-state index in [2.05, 4.69) is 56.1 Å². The third-order valence-electron chi connectivity index (χ3n) is 4.78. The lowest BCUT2D eigenvalue weighted by atomic mass is 9.79. The highest BCUT2D eigenvalue weighted by Crippen LogP contribution is 2.32. The molecule has 2 rings (SSSR count). The van der Waals surface area contributed by atoms with Crippen molar-refractivity contribution in [1.82, 2.24) is 25.2 Å². The topological polar surface area (TPSA) is 103 Å². The van der Waals surface area contributed by atoms with Crippen molar-refractivity contribution in [2.24, 2.45) is 11.8 Å². The first kappa shape index (κ1) is 23.6. The van der Waals surface area contributed by atoms with Crippen LogP contribution in [0.15, 0.2) is 22.9 Å². The summed E-state index contributed by atoms with van der Waals surface area (Å²) in [5.74, 6) is -1.44. The molecule has 0 unspecified atom stereocenters. The van der Waals surface area contributed by atoms with Crippen molar-refractivity contribution in [3.8, 4) is 0 Å². The molecule has 0 fully saturated rings. The molecule has 0 spiro atoms. The maximum absolute atomic E-state index is 12.1. The minimum absolute atomic E-state index is 0.0844. The van der Waals surface area contributed by atoms with E-state index in [1.54, 1.807) is 10.9 Å². The molecule has 0 bridgehead atoms. The quantitative estimate of drug-likeness (QED) is 0.294. The van der Waals surface area contributed by atoms with Gasteiger partial charge < -0.3 is 9.84 Å². The Morgan fingerprint density at radius 1 is 1.31 bits per heavy atom. The Labute approximate surface area is 181 Å². The maximum atomic E-state index is 12.1. The largest absolute Gasteiger partial charge is 0.481 e. The zero-order chi connectivity index (χ0) is 21.6. The molecule has 2 atom stereocenters. The molecule has 0 saturated heterocycles. The van der Waals surface area contributed by atoms with Crippen LogP contribution < -0.4 is 0 Å². The second-order valence-electron chi connectivity index (χ2n) is 8.79. The number of carbonyl (C=O) groups is 1. The number of nitrogens with zero attached hydrogens (tertiary/aromatic N) is 5. The van der Waals surface area contributed by atoms with Crippen molar-refractivity contribution in [3.05, 3.63) is 34.3 Å². The number of hydrogen-bond donors (Lipinski definition) is 1. The number of halogens is 1. The van der Waals surface area contributed by atoms with Gasteiger partial charge in [-0.25, -0.2) is 9.67 Å². The number of ether oxygens (including phenoxy) is 1. The number of pyridine rings is 1. The number of carboxylic acid groups (broad SMARTS) is 1. The van der Waals surface area contributed by atoms with E-state index in [4.69, 9.17) is 4.74 Å². The first-order valence-corrected chi connectivity index (χ1v) is 14.3.